The van der Waals surface area contributed by atoms with E-state index in [1.807, 2.05) is 31.0 Å². The minimum Gasteiger partial charge on any atom is -0.423 e. The van der Waals surface area contributed by atoms with Crippen LogP contribution in [0.1, 0.15) is 61.0 Å². The van der Waals surface area contributed by atoms with Gasteiger partial charge in [-0.3, -0.25) is 41.8 Å². The van der Waals surface area contributed by atoms with Gasteiger partial charge in [0, 0.05) is 34.9 Å². The predicted molar refractivity (Wildman–Crippen MR) is 272 cm³/mol. The average molecular weight is 1100 g/mol. The molecule has 2 unspecified atom stereocenters. The second kappa shape index (κ2) is 21.8. The number of esters is 1. The first-order chi connectivity index (χ1) is 36.0. The van der Waals surface area contributed by atoms with Gasteiger partial charge in [0.1, 0.15) is 42.0 Å². The van der Waals surface area contributed by atoms with Gasteiger partial charge in [0.05, 0.1) is 25.1 Å². The van der Waals surface area contributed by atoms with Crippen LogP contribution in [0.5, 0.6) is 5.75 Å². The van der Waals surface area contributed by atoms with Crippen LogP contribution in [-0.2, 0) is 48.2 Å². The number of hydrogen-bond donors (Lipinski definition) is 2. The van der Waals surface area contributed by atoms with E-state index in [0.29, 0.717) is 50.6 Å². The van der Waals surface area contributed by atoms with Crippen LogP contribution in [0.3, 0.4) is 0 Å². The fourth-order valence-electron chi connectivity index (χ4n) is 8.29. The molecule has 4 aromatic carbocycles. The Balaban J connectivity index is 0.962. The van der Waals surface area contributed by atoms with E-state index < -0.39 is 93.2 Å². The van der Waals surface area contributed by atoms with Gasteiger partial charge in [0.15, 0.2) is 42.0 Å². The van der Waals surface area contributed by atoms with Gasteiger partial charge < -0.3 is 19.9 Å². The van der Waals surface area contributed by atoms with Gasteiger partial charge in [-0.15, -0.1) is 0 Å². The molecule has 390 valence electrons. The molecule has 3 fully saturated rings. The summed E-state index contributed by atoms with van der Waals surface area (Å²) in [5.74, 6) is -0.814. The molecule has 3 aromatic heterocycles. The molecule has 3 aliphatic rings. The number of ketones is 1. The first-order valence-corrected chi connectivity index (χ1v) is 29.4. The highest BCUT2D eigenvalue weighted by atomic mass is 32.7. The maximum Gasteiger partial charge on any atom is 0.390 e. The highest BCUT2D eigenvalue weighted by Crippen LogP contribution is 2.67. The number of benzene rings is 4. The number of alkyl halides is 2. The van der Waals surface area contributed by atoms with Gasteiger partial charge in [0.25, 0.3) is 5.56 Å². The number of nitrogens with zero attached hydrogens (tertiary/aromatic N) is 5. The lowest BCUT2D eigenvalue weighted by Crippen LogP contribution is -2.36. The molecular formula is C49H45F2N7O13P2S2. The second-order valence-corrected chi connectivity index (χ2v) is 25.6. The van der Waals surface area contributed by atoms with Gasteiger partial charge in [-0.05, 0) is 72.0 Å². The number of anilines is 1. The summed E-state index contributed by atoms with van der Waals surface area (Å²) in [6.45, 7) is -7.23. The lowest BCUT2D eigenvalue weighted by molar-refractivity contribution is -0.0576. The van der Waals surface area contributed by atoms with E-state index >= 15 is 17.9 Å². The number of rotatable bonds is 12. The molecule has 0 amide bonds. The summed E-state index contributed by atoms with van der Waals surface area (Å²) in [5, 5.41) is 0. The predicted octanol–water partition coefficient (Wildman–Crippen LogP) is 8.40. The smallest absolute Gasteiger partial charge is 0.390 e. The maximum atomic E-state index is 17.2. The highest BCUT2D eigenvalue weighted by molar-refractivity contribution is 8.55. The van der Waals surface area contributed by atoms with E-state index in [9.17, 15) is 19.2 Å². The zero-order chi connectivity index (χ0) is 52.6. The molecule has 7 aromatic rings. The van der Waals surface area contributed by atoms with Crippen molar-refractivity contribution in [2.75, 3.05) is 18.9 Å². The molecule has 0 radical (unpaired) electrons. The number of nitrogen functional groups attached to an aromatic ring is 1. The number of H-pyrrole nitrogens is 1. The molecule has 2 bridgehead atoms. The quantitative estimate of drug-likeness (QED) is 0.0504. The average Bonchev–Trinajstić information content (AvgIpc) is 4.07. The van der Waals surface area contributed by atoms with E-state index in [-0.39, 0.29) is 40.0 Å². The Kier molecular flexibility index (Phi) is 15.2. The van der Waals surface area contributed by atoms with Gasteiger partial charge in [-0.1, -0.05) is 83.9 Å². The number of halogens is 2. The van der Waals surface area contributed by atoms with Gasteiger partial charge >= 0.3 is 25.3 Å². The molecule has 26 heteroatoms. The fraction of sp³-hybridized carbons (Fsp3) is 0.286. The summed E-state index contributed by atoms with van der Waals surface area (Å²) in [7, 11) is 0. The molecule has 10 atom stereocenters. The Morgan fingerprint density at radius 2 is 1.27 bits per heavy atom. The molecule has 0 spiro atoms. The van der Waals surface area contributed by atoms with Crippen molar-refractivity contribution < 1.29 is 59.8 Å². The van der Waals surface area contributed by atoms with Crippen LogP contribution in [0.2, 0.25) is 0 Å². The Labute approximate surface area is 433 Å². The van der Waals surface area contributed by atoms with E-state index in [4.69, 9.17) is 38.0 Å². The monoisotopic (exact) mass is 1100 g/mol. The molecule has 3 saturated heterocycles. The van der Waals surface area contributed by atoms with Crippen LogP contribution < -0.4 is 21.7 Å². The van der Waals surface area contributed by atoms with Crippen LogP contribution in [0, 0.1) is 13.8 Å². The summed E-state index contributed by atoms with van der Waals surface area (Å²) < 4.78 is 109. The second-order valence-electron chi connectivity index (χ2n) is 17.6. The molecule has 0 saturated carbocycles. The normalized spacial score (nSPS) is 26.9. The summed E-state index contributed by atoms with van der Waals surface area (Å²) in [6, 6.07) is 27.6. The topological polar surface area (TPSA) is 257 Å². The van der Waals surface area contributed by atoms with Gasteiger partial charge in [-0.25, -0.2) is 42.5 Å². The van der Waals surface area contributed by atoms with E-state index in [2.05, 4.69) is 15.0 Å². The molecular weight excluding hydrogens is 1060 g/mol. The molecule has 3 N–H and O–H groups in total. The van der Waals surface area contributed by atoms with Gasteiger partial charge in [-0.2, -0.15) is 0 Å². The SMILES string of the molecule is Cc1ccc(C(=O)Oc2ccc(CSP3(=O)OC[C@H]4O[C@@H](n5cnc6c(N)ncnc65)[C@H](OP(=O)(SCc5ccc(C(=O)c6ccc(C)cc6)cc5)OC[C@H]5O[C@@H](n6ccc(=O)[nH]c6=O)[C@H](F)[C@@H]5O3)[C@@H]4F)cc2)cc1. The number of nitrogens with one attached hydrogen (secondary N) is 1. The number of aromatic amines is 1. The number of aromatic nitrogens is 6. The van der Waals surface area contributed by atoms with Crippen LogP contribution in [0.4, 0.5) is 14.6 Å². The number of carbonyl (C=O) groups excluding carboxylic acids is 2. The van der Waals surface area contributed by atoms with Crippen molar-refractivity contribution in [3.8, 4) is 5.75 Å². The first-order valence-electron chi connectivity index (χ1n) is 23.1. The van der Waals surface area contributed by atoms with Crippen molar-refractivity contribution in [1.29, 1.82) is 0 Å². The first kappa shape index (κ1) is 52.3. The standard InChI is InChI=1S/C49H45F2N7O13P2S2/c1-27-3-11-31(12-4-27)41(60)32-15-7-29(8-16-32)23-75-73(64)66-22-36-42(39(51)46(69-36)57-20-19-37(59)56-49(57)62)70-72(63,74-24-30-9-17-34(18-10-30)67-48(61)33-13-5-28(2)6-14-33)65-21-35-38(50)43(71-73)47(68-35)58-26-55-40-44(52)53-25-54-45(40)58/h3-20,25-26,35-36,38-39,42-43,46-47H,21-24H2,1-2H3,(H2,52,53,54)(H,56,59,62)/t35-,36-,38-,39-,42-,43-,46-,47-,72?,73?/m1/s1. The molecule has 20 nitrogen and oxygen atoms in total. The van der Waals surface area contributed by atoms with Crippen molar-refractivity contribution in [1.82, 2.24) is 29.1 Å². The third-order valence-electron chi connectivity index (χ3n) is 12.3. The zero-order valence-corrected chi connectivity index (χ0v) is 43.0. The summed E-state index contributed by atoms with van der Waals surface area (Å²) >= 11 is 1.25. The van der Waals surface area contributed by atoms with Crippen molar-refractivity contribution >= 4 is 65.1 Å². The number of ether oxygens (including phenoxy) is 3. The highest BCUT2D eigenvalue weighted by Gasteiger charge is 2.55. The minimum absolute atomic E-state index is 0.00286. The number of nitrogens with two attached hydrogens (primary N) is 1. The Morgan fingerprint density at radius 1 is 0.707 bits per heavy atom. The molecule has 6 heterocycles. The Hall–Kier alpha value is -6.17. The summed E-state index contributed by atoms with van der Waals surface area (Å²) in [6.07, 6.45) is -11.3. The third-order valence-corrected chi connectivity index (χ3v) is 19.7. The Bertz CT molecular complexity index is 3470. The van der Waals surface area contributed by atoms with Crippen LogP contribution >= 0.6 is 36.4 Å². The van der Waals surface area contributed by atoms with Crippen LogP contribution in [-0.4, -0.2) is 90.8 Å². The number of carbonyl (C=O) groups is 2. The number of hydrogen-bond acceptors (Lipinski definition) is 19. The number of imidazole rings is 1. The fourth-order valence-corrected chi connectivity index (χ4v) is 15.0. The van der Waals surface area contributed by atoms with E-state index in [1.54, 1.807) is 72.8 Å². The van der Waals surface area contributed by atoms with Crippen molar-refractivity contribution in [2.24, 2.45) is 0 Å². The number of aryl methyl sites for hydroxylation is 2. The lowest BCUT2D eigenvalue weighted by Gasteiger charge is -2.28. The molecule has 0 aliphatic carbocycles. The largest absolute Gasteiger partial charge is 0.423 e. The van der Waals surface area contributed by atoms with E-state index in [0.717, 1.165) is 34.3 Å². The molecule has 10 rings (SSSR count). The minimum atomic E-state index is -4.70. The van der Waals surface area contributed by atoms with Crippen molar-refractivity contribution in [3.63, 3.8) is 0 Å². The van der Waals surface area contributed by atoms with Crippen LogP contribution in [0.15, 0.2) is 132 Å². The molecule has 75 heavy (non-hydrogen) atoms. The maximum absolute atomic E-state index is 17.2. The number of fused-ring (bicyclic) bond motifs is 4. The van der Waals surface area contributed by atoms with Crippen molar-refractivity contribution in [2.45, 2.75) is 74.6 Å². The zero-order valence-electron chi connectivity index (χ0n) is 39.6. The summed E-state index contributed by atoms with van der Waals surface area (Å²) in [4.78, 5) is 65.7. The summed E-state index contributed by atoms with van der Waals surface area (Å²) in [5.41, 5.74) is 8.73. The molecule has 3 aliphatic heterocycles. The Morgan fingerprint density at radius 3 is 1.89 bits per heavy atom. The van der Waals surface area contributed by atoms with E-state index in [1.165, 1.54) is 23.0 Å². The van der Waals surface area contributed by atoms with Gasteiger partial charge in [0.2, 0.25) is 0 Å². The lowest BCUT2D eigenvalue weighted by atomic mass is 10.0. The van der Waals surface area contributed by atoms with Crippen molar-refractivity contribution in [3.05, 3.63) is 182 Å². The van der Waals surface area contributed by atoms with Crippen LogP contribution in [0.25, 0.3) is 11.2 Å². The third kappa shape index (κ3) is 11.5.